The van der Waals surface area contributed by atoms with Gasteiger partial charge in [0.15, 0.2) is 0 Å². The molecule has 7 heteroatoms. The average Bonchev–Trinajstić information content (AvgIpc) is 2.34. The van der Waals surface area contributed by atoms with Crippen LogP contribution in [0.3, 0.4) is 0 Å². The van der Waals surface area contributed by atoms with Gasteiger partial charge in [-0.2, -0.15) is 0 Å². The maximum absolute atomic E-state index is 11.4. The third-order valence-electron chi connectivity index (χ3n) is 2.26. The highest BCUT2D eigenvalue weighted by Crippen LogP contribution is 2.17. The van der Waals surface area contributed by atoms with E-state index >= 15 is 0 Å². The largest absolute Gasteiger partial charge is 0.361 e. The van der Waals surface area contributed by atoms with Crippen LogP contribution in [0.5, 0.6) is 0 Å². The first kappa shape index (κ1) is 13.9. The highest BCUT2D eigenvalue weighted by molar-refractivity contribution is 5.80. The minimum atomic E-state index is -0.502. The monoisotopic (exact) mass is 252 g/mol. The van der Waals surface area contributed by atoms with Crippen LogP contribution in [0.4, 0.5) is 11.5 Å². The highest BCUT2D eigenvalue weighted by Gasteiger charge is 2.09. The molecular formula is C11H16N4O3. The Morgan fingerprint density at radius 1 is 1.56 bits per heavy atom. The normalized spacial score (nSPS) is 9.89. The predicted molar refractivity (Wildman–Crippen MR) is 67.4 cm³/mol. The Morgan fingerprint density at radius 2 is 2.28 bits per heavy atom. The van der Waals surface area contributed by atoms with Gasteiger partial charge in [0.25, 0.3) is 5.69 Å². The number of carbonyl (C=O) groups is 1. The molecule has 0 spiro atoms. The summed E-state index contributed by atoms with van der Waals surface area (Å²) in [4.78, 5) is 25.3. The maximum atomic E-state index is 11.4. The summed E-state index contributed by atoms with van der Waals surface area (Å²) in [6.07, 6.45) is 2.04. The van der Waals surface area contributed by atoms with Crippen molar-refractivity contribution in [3.8, 4) is 0 Å². The van der Waals surface area contributed by atoms with Crippen molar-refractivity contribution in [2.45, 2.75) is 20.3 Å². The fourth-order valence-corrected chi connectivity index (χ4v) is 1.34. The van der Waals surface area contributed by atoms with Gasteiger partial charge in [0.1, 0.15) is 12.0 Å². The lowest BCUT2D eigenvalue weighted by Crippen LogP contribution is -2.30. The van der Waals surface area contributed by atoms with Gasteiger partial charge in [0, 0.05) is 12.6 Å². The van der Waals surface area contributed by atoms with Crippen molar-refractivity contribution in [2.24, 2.45) is 0 Å². The molecule has 7 nitrogen and oxygen atoms in total. The van der Waals surface area contributed by atoms with Gasteiger partial charge >= 0.3 is 0 Å². The van der Waals surface area contributed by atoms with Crippen LogP contribution in [0, 0.1) is 17.0 Å². The highest BCUT2D eigenvalue weighted by atomic mass is 16.6. The molecule has 98 valence electrons. The fourth-order valence-electron chi connectivity index (χ4n) is 1.34. The van der Waals surface area contributed by atoms with E-state index in [1.54, 1.807) is 6.92 Å². The second kappa shape index (κ2) is 6.53. The molecule has 1 rings (SSSR count). The van der Waals surface area contributed by atoms with Gasteiger partial charge in [0.05, 0.1) is 11.5 Å². The Bertz CT molecular complexity index is 448. The Hall–Kier alpha value is -2.18. The molecule has 0 aromatic carbocycles. The molecule has 0 unspecified atom stereocenters. The zero-order chi connectivity index (χ0) is 13.5. The van der Waals surface area contributed by atoms with E-state index in [-0.39, 0.29) is 18.1 Å². The van der Waals surface area contributed by atoms with Crippen LogP contribution in [-0.4, -0.2) is 28.9 Å². The van der Waals surface area contributed by atoms with E-state index in [0.717, 1.165) is 6.42 Å². The van der Waals surface area contributed by atoms with Crippen molar-refractivity contribution in [1.82, 2.24) is 10.3 Å². The molecule has 0 aliphatic carbocycles. The number of nitro groups is 1. The van der Waals surface area contributed by atoms with Crippen molar-refractivity contribution in [3.63, 3.8) is 0 Å². The lowest BCUT2D eigenvalue weighted by molar-refractivity contribution is -0.385. The number of pyridine rings is 1. The van der Waals surface area contributed by atoms with E-state index < -0.39 is 4.92 Å². The minimum absolute atomic E-state index is 0.0616. The van der Waals surface area contributed by atoms with Gasteiger partial charge in [-0.25, -0.2) is 4.98 Å². The van der Waals surface area contributed by atoms with Crippen molar-refractivity contribution in [3.05, 3.63) is 27.9 Å². The van der Waals surface area contributed by atoms with E-state index in [2.05, 4.69) is 15.6 Å². The van der Waals surface area contributed by atoms with Crippen LogP contribution in [0.1, 0.15) is 18.9 Å². The number of nitrogens with one attached hydrogen (secondary N) is 2. The zero-order valence-electron chi connectivity index (χ0n) is 10.4. The molecule has 0 bridgehead atoms. The number of rotatable bonds is 6. The summed E-state index contributed by atoms with van der Waals surface area (Å²) in [6, 6.07) is 1.42. The zero-order valence-corrected chi connectivity index (χ0v) is 10.4. The molecule has 18 heavy (non-hydrogen) atoms. The molecule has 1 aromatic rings. The van der Waals surface area contributed by atoms with Gasteiger partial charge in [-0.05, 0) is 18.9 Å². The standard InChI is InChI=1S/C11H16N4O3/c1-3-4-12-10(16)7-14-11-8(2)5-9(6-13-11)15(17)18/h5-6H,3-4,7H2,1-2H3,(H,12,16)(H,13,14). The summed E-state index contributed by atoms with van der Waals surface area (Å²) >= 11 is 0. The second-order valence-electron chi connectivity index (χ2n) is 3.82. The molecule has 0 saturated carbocycles. The molecular weight excluding hydrogens is 236 g/mol. The molecule has 1 amide bonds. The van der Waals surface area contributed by atoms with Crippen LogP contribution >= 0.6 is 0 Å². The quantitative estimate of drug-likeness (QED) is 0.586. The summed E-state index contributed by atoms with van der Waals surface area (Å²) in [5.74, 6) is 0.351. The van der Waals surface area contributed by atoms with E-state index in [1.807, 2.05) is 6.92 Å². The Labute approximate surface area is 105 Å². The lowest BCUT2D eigenvalue weighted by Gasteiger charge is -2.08. The Balaban J connectivity index is 2.58. The van der Waals surface area contributed by atoms with Crippen LogP contribution in [0.15, 0.2) is 12.3 Å². The number of amides is 1. The number of hydrogen-bond donors (Lipinski definition) is 2. The SMILES string of the molecule is CCCNC(=O)CNc1ncc([N+](=O)[O-])cc1C. The second-order valence-corrected chi connectivity index (χ2v) is 3.82. The van der Waals surface area contributed by atoms with E-state index in [9.17, 15) is 14.9 Å². The summed E-state index contributed by atoms with van der Waals surface area (Å²) in [5, 5.41) is 16.1. The molecule has 1 aromatic heterocycles. The molecule has 0 aliphatic heterocycles. The molecule has 0 radical (unpaired) electrons. The number of aromatic nitrogens is 1. The molecule has 0 aliphatic rings. The molecule has 0 atom stereocenters. The first-order valence-corrected chi connectivity index (χ1v) is 5.66. The van der Waals surface area contributed by atoms with E-state index in [0.29, 0.717) is 17.9 Å². The van der Waals surface area contributed by atoms with Crippen LogP contribution in [-0.2, 0) is 4.79 Å². The Kier molecular flexibility index (Phi) is 5.04. The smallest absolute Gasteiger partial charge is 0.287 e. The van der Waals surface area contributed by atoms with Crippen molar-refractivity contribution in [2.75, 3.05) is 18.4 Å². The number of hydrogen-bond acceptors (Lipinski definition) is 5. The third kappa shape index (κ3) is 4.00. The topological polar surface area (TPSA) is 97.2 Å². The summed E-state index contributed by atoms with van der Waals surface area (Å²) in [7, 11) is 0. The van der Waals surface area contributed by atoms with Gasteiger partial charge in [-0.3, -0.25) is 14.9 Å². The summed E-state index contributed by atoms with van der Waals surface area (Å²) < 4.78 is 0. The Morgan fingerprint density at radius 3 is 2.83 bits per heavy atom. The number of anilines is 1. The summed E-state index contributed by atoms with van der Waals surface area (Å²) in [6.45, 7) is 4.40. The number of carbonyl (C=O) groups excluding carboxylic acids is 1. The van der Waals surface area contributed by atoms with Crippen LogP contribution in [0.2, 0.25) is 0 Å². The van der Waals surface area contributed by atoms with Gasteiger partial charge in [-0.1, -0.05) is 6.92 Å². The molecule has 2 N–H and O–H groups in total. The van der Waals surface area contributed by atoms with Crippen molar-refractivity contribution < 1.29 is 9.72 Å². The molecule has 0 fully saturated rings. The van der Waals surface area contributed by atoms with E-state index in [1.165, 1.54) is 12.3 Å². The fraction of sp³-hybridized carbons (Fsp3) is 0.455. The molecule has 0 saturated heterocycles. The minimum Gasteiger partial charge on any atom is -0.361 e. The lowest BCUT2D eigenvalue weighted by atomic mass is 10.2. The van der Waals surface area contributed by atoms with Gasteiger partial charge < -0.3 is 10.6 Å². The predicted octanol–water partition coefficient (Wildman–Crippen LogP) is 1.24. The van der Waals surface area contributed by atoms with Crippen molar-refractivity contribution >= 4 is 17.4 Å². The average molecular weight is 252 g/mol. The third-order valence-corrected chi connectivity index (χ3v) is 2.26. The first-order valence-electron chi connectivity index (χ1n) is 5.66. The van der Waals surface area contributed by atoms with Gasteiger partial charge in [0.2, 0.25) is 5.91 Å². The van der Waals surface area contributed by atoms with Crippen LogP contribution in [0.25, 0.3) is 0 Å². The first-order chi connectivity index (χ1) is 8.54. The van der Waals surface area contributed by atoms with Crippen LogP contribution < -0.4 is 10.6 Å². The van der Waals surface area contributed by atoms with E-state index in [4.69, 9.17) is 0 Å². The maximum Gasteiger partial charge on any atom is 0.287 e. The van der Waals surface area contributed by atoms with Crippen molar-refractivity contribution in [1.29, 1.82) is 0 Å². The molecule has 1 heterocycles. The summed E-state index contributed by atoms with van der Waals surface area (Å²) in [5.41, 5.74) is 0.570. The van der Waals surface area contributed by atoms with Gasteiger partial charge in [-0.15, -0.1) is 0 Å². The number of aryl methyl sites for hydroxylation is 1. The number of nitrogens with zero attached hydrogens (tertiary/aromatic N) is 2.